The smallest absolute Gasteiger partial charge is 0.244 e. The zero-order valence-corrected chi connectivity index (χ0v) is 14.7. The van der Waals surface area contributed by atoms with Crippen molar-refractivity contribution in [3.8, 4) is 0 Å². The maximum Gasteiger partial charge on any atom is 0.244 e. The Morgan fingerprint density at radius 1 is 1.38 bits per heavy atom. The van der Waals surface area contributed by atoms with E-state index in [1.807, 2.05) is 6.92 Å². The fourth-order valence-electron chi connectivity index (χ4n) is 2.91. The van der Waals surface area contributed by atoms with Crippen LogP contribution in [0.25, 0.3) is 0 Å². The van der Waals surface area contributed by atoms with Crippen LogP contribution in [0.3, 0.4) is 0 Å². The molecular formula is C17H28N2OS. The molecule has 21 heavy (non-hydrogen) atoms. The second-order valence-corrected chi connectivity index (χ2v) is 7.76. The van der Waals surface area contributed by atoms with Crippen molar-refractivity contribution in [3.05, 3.63) is 22.4 Å². The highest BCUT2D eigenvalue weighted by atomic mass is 32.1. The molecule has 2 rings (SSSR count). The number of amides is 1. The molecule has 3 unspecified atom stereocenters. The molecule has 0 aliphatic carbocycles. The van der Waals surface area contributed by atoms with E-state index in [4.69, 9.17) is 0 Å². The third kappa shape index (κ3) is 3.32. The Bertz CT molecular complexity index is 471. The summed E-state index contributed by atoms with van der Waals surface area (Å²) in [6.07, 6.45) is 3.07. The van der Waals surface area contributed by atoms with E-state index in [9.17, 15) is 4.79 Å². The van der Waals surface area contributed by atoms with Crippen molar-refractivity contribution in [1.82, 2.24) is 10.2 Å². The molecule has 1 N–H and O–H groups in total. The summed E-state index contributed by atoms with van der Waals surface area (Å²) in [7, 11) is 0. The standard InChI is InChI=1S/C17H28N2OS/c1-6-17(5)16(20)19(13(4)10-9-12(2)3)15(18-17)14-8-7-11-21-14/h7-8,11-13,15,18H,6,9-10H2,1-5H3. The van der Waals surface area contributed by atoms with E-state index < -0.39 is 5.54 Å². The highest BCUT2D eigenvalue weighted by Gasteiger charge is 2.48. The number of hydrogen-bond donors (Lipinski definition) is 1. The molecule has 1 aliphatic heterocycles. The van der Waals surface area contributed by atoms with Crippen molar-refractivity contribution in [3.63, 3.8) is 0 Å². The van der Waals surface area contributed by atoms with E-state index >= 15 is 0 Å². The van der Waals surface area contributed by atoms with E-state index in [0.717, 1.165) is 19.3 Å². The first-order valence-corrected chi connectivity index (χ1v) is 8.91. The molecule has 0 spiro atoms. The average molecular weight is 308 g/mol. The SMILES string of the molecule is CCC1(C)NC(c2cccs2)N(C(C)CCC(C)C)C1=O. The van der Waals surface area contributed by atoms with Gasteiger partial charge in [-0.2, -0.15) is 0 Å². The molecule has 3 atom stereocenters. The lowest BCUT2D eigenvalue weighted by Gasteiger charge is -2.30. The minimum atomic E-state index is -0.430. The minimum Gasteiger partial charge on any atom is -0.318 e. The molecule has 4 heteroatoms. The van der Waals surface area contributed by atoms with E-state index in [-0.39, 0.29) is 18.1 Å². The van der Waals surface area contributed by atoms with Gasteiger partial charge in [0.05, 0.1) is 5.54 Å². The predicted octanol–water partition coefficient (Wildman–Crippen LogP) is 4.17. The van der Waals surface area contributed by atoms with Crippen molar-refractivity contribution < 1.29 is 4.79 Å². The molecule has 118 valence electrons. The van der Waals surface area contributed by atoms with Crippen LogP contribution in [0.15, 0.2) is 17.5 Å². The van der Waals surface area contributed by atoms with Crippen LogP contribution in [0.2, 0.25) is 0 Å². The van der Waals surface area contributed by atoms with Crippen LogP contribution in [0.1, 0.15) is 64.9 Å². The lowest BCUT2D eigenvalue weighted by atomic mass is 9.98. The van der Waals surface area contributed by atoms with Crippen LogP contribution in [-0.2, 0) is 4.79 Å². The first kappa shape index (κ1) is 16.5. The van der Waals surface area contributed by atoms with Gasteiger partial charge in [0.25, 0.3) is 0 Å². The number of rotatable bonds is 6. The quantitative estimate of drug-likeness (QED) is 0.855. The van der Waals surface area contributed by atoms with Gasteiger partial charge >= 0.3 is 0 Å². The molecule has 1 fully saturated rings. The molecule has 3 nitrogen and oxygen atoms in total. The number of carbonyl (C=O) groups excluding carboxylic acids is 1. The monoisotopic (exact) mass is 308 g/mol. The van der Waals surface area contributed by atoms with Gasteiger partial charge in [-0.15, -0.1) is 11.3 Å². The van der Waals surface area contributed by atoms with Gasteiger partial charge in [0.15, 0.2) is 0 Å². The van der Waals surface area contributed by atoms with Gasteiger partial charge in [-0.3, -0.25) is 10.1 Å². The Balaban J connectivity index is 2.23. The molecule has 1 saturated heterocycles. The second-order valence-electron chi connectivity index (χ2n) is 6.78. The van der Waals surface area contributed by atoms with Crippen LogP contribution in [-0.4, -0.2) is 22.4 Å². The van der Waals surface area contributed by atoms with Crippen LogP contribution in [0, 0.1) is 5.92 Å². The Labute approximate surface area is 132 Å². The first-order valence-electron chi connectivity index (χ1n) is 8.03. The fourth-order valence-corrected chi connectivity index (χ4v) is 3.68. The van der Waals surface area contributed by atoms with Crippen molar-refractivity contribution in [2.24, 2.45) is 5.92 Å². The average Bonchev–Trinajstić information content (AvgIpc) is 3.05. The number of carbonyl (C=O) groups is 1. The van der Waals surface area contributed by atoms with Gasteiger partial charge in [0.2, 0.25) is 5.91 Å². The molecule has 2 heterocycles. The molecule has 1 amide bonds. The van der Waals surface area contributed by atoms with Gasteiger partial charge in [-0.1, -0.05) is 26.8 Å². The van der Waals surface area contributed by atoms with Gasteiger partial charge in [0.1, 0.15) is 6.17 Å². The third-order valence-electron chi connectivity index (χ3n) is 4.60. The van der Waals surface area contributed by atoms with Crippen LogP contribution >= 0.6 is 11.3 Å². The Morgan fingerprint density at radius 2 is 2.10 bits per heavy atom. The fraction of sp³-hybridized carbons (Fsp3) is 0.706. The Kier molecular flexibility index (Phi) is 5.10. The maximum absolute atomic E-state index is 12.9. The molecule has 0 aromatic carbocycles. The molecule has 0 radical (unpaired) electrons. The third-order valence-corrected chi connectivity index (χ3v) is 5.52. The van der Waals surface area contributed by atoms with Crippen LogP contribution < -0.4 is 5.32 Å². The first-order chi connectivity index (χ1) is 9.89. The van der Waals surface area contributed by atoms with Crippen LogP contribution in [0.4, 0.5) is 0 Å². The second kappa shape index (κ2) is 6.49. The lowest BCUT2D eigenvalue weighted by molar-refractivity contribution is -0.135. The number of hydrogen-bond acceptors (Lipinski definition) is 3. The number of nitrogens with one attached hydrogen (secondary N) is 1. The van der Waals surface area contributed by atoms with Gasteiger partial charge in [-0.05, 0) is 50.5 Å². The number of nitrogens with zero attached hydrogens (tertiary/aromatic N) is 1. The summed E-state index contributed by atoms with van der Waals surface area (Å²) >= 11 is 1.72. The summed E-state index contributed by atoms with van der Waals surface area (Å²) in [5, 5.41) is 5.66. The van der Waals surface area contributed by atoms with E-state index in [1.54, 1.807) is 11.3 Å². The van der Waals surface area contributed by atoms with E-state index in [1.165, 1.54) is 4.88 Å². The molecule has 0 bridgehead atoms. The topological polar surface area (TPSA) is 32.3 Å². The lowest BCUT2D eigenvalue weighted by Crippen LogP contribution is -2.44. The summed E-state index contributed by atoms with van der Waals surface area (Å²) in [5.41, 5.74) is -0.430. The minimum absolute atomic E-state index is 0.0320. The van der Waals surface area contributed by atoms with Crippen molar-refractivity contribution >= 4 is 17.2 Å². The summed E-state index contributed by atoms with van der Waals surface area (Å²) in [6, 6.07) is 4.46. The van der Waals surface area contributed by atoms with Crippen molar-refractivity contribution in [2.45, 2.75) is 71.6 Å². The largest absolute Gasteiger partial charge is 0.318 e. The summed E-state index contributed by atoms with van der Waals surface area (Å²) in [5.74, 6) is 0.926. The number of thiophene rings is 1. The van der Waals surface area contributed by atoms with Gasteiger partial charge in [-0.25, -0.2) is 0 Å². The highest BCUT2D eigenvalue weighted by Crippen LogP contribution is 2.36. The normalized spacial score (nSPS) is 27.6. The molecule has 1 aromatic heterocycles. The maximum atomic E-state index is 12.9. The molecule has 1 aliphatic rings. The molecule has 1 aromatic rings. The van der Waals surface area contributed by atoms with Crippen molar-refractivity contribution in [2.75, 3.05) is 0 Å². The summed E-state index contributed by atoms with van der Waals surface area (Å²) in [4.78, 5) is 16.2. The Hall–Kier alpha value is -0.870. The van der Waals surface area contributed by atoms with Gasteiger partial charge < -0.3 is 4.90 Å². The highest BCUT2D eigenvalue weighted by molar-refractivity contribution is 7.10. The predicted molar refractivity (Wildman–Crippen MR) is 89.3 cm³/mol. The summed E-state index contributed by atoms with van der Waals surface area (Å²) < 4.78 is 0. The van der Waals surface area contributed by atoms with Gasteiger partial charge in [0, 0.05) is 10.9 Å². The molecular weight excluding hydrogens is 280 g/mol. The van der Waals surface area contributed by atoms with E-state index in [0.29, 0.717) is 5.92 Å². The summed E-state index contributed by atoms with van der Waals surface area (Å²) in [6.45, 7) is 10.8. The zero-order chi connectivity index (χ0) is 15.6. The van der Waals surface area contributed by atoms with Crippen molar-refractivity contribution in [1.29, 1.82) is 0 Å². The molecule has 0 saturated carbocycles. The Morgan fingerprint density at radius 3 is 2.62 bits per heavy atom. The zero-order valence-electron chi connectivity index (χ0n) is 13.8. The van der Waals surface area contributed by atoms with Crippen LogP contribution in [0.5, 0.6) is 0 Å². The van der Waals surface area contributed by atoms with E-state index in [2.05, 4.69) is 55.4 Å².